The predicted molar refractivity (Wildman–Crippen MR) is 131 cm³/mol. The van der Waals surface area contributed by atoms with E-state index in [1.165, 1.54) is 25.6 Å². The van der Waals surface area contributed by atoms with Gasteiger partial charge in [0.2, 0.25) is 5.82 Å². The monoisotopic (exact) mass is 491 g/mol. The molecule has 9 nitrogen and oxygen atoms in total. The van der Waals surface area contributed by atoms with Crippen LogP contribution in [0.25, 0.3) is 22.3 Å². The standard InChI is InChI=1S/C26H26FN5O4/c1-35-19-6-3-7-20(23(19)27)36-18-10-8-16(9-11-18)24-22-25(28)29-14-30-26(22)32(31-24)17-5-2-4-15(12-17)13-21(33)34/h3,6-11,14-15,17H,2,4-5,12-13H2,1H3,(H,33,34)(H2,28,29,30)/t15?,17-/m1/s1. The van der Waals surface area contributed by atoms with Crippen molar-refractivity contribution in [2.75, 3.05) is 12.8 Å². The number of nitrogens with zero attached hydrogens (tertiary/aromatic N) is 4. The molecule has 0 aliphatic heterocycles. The lowest BCUT2D eigenvalue weighted by atomic mass is 9.84. The fraction of sp³-hybridized carbons (Fsp3) is 0.308. The molecule has 1 fully saturated rings. The van der Waals surface area contributed by atoms with E-state index in [4.69, 9.17) is 20.3 Å². The Morgan fingerprint density at radius 1 is 1.17 bits per heavy atom. The number of rotatable bonds is 7. The molecule has 1 aliphatic carbocycles. The zero-order valence-corrected chi connectivity index (χ0v) is 19.7. The largest absolute Gasteiger partial charge is 0.494 e. The topological polar surface area (TPSA) is 125 Å². The Kier molecular flexibility index (Phi) is 6.41. The number of carboxylic acid groups (broad SMARTS) is 1. The number of hydrogen-bond donors (Lipinski definition) is 2. The molecule has 0 radical (unpaired) electrons. The van der Waals surface area contributed by atoms with Gasteiger partial charge in [-0.15, -0.1) is 0 Å². The van der Waals surface area contributed by atoms with Gasteiger partial charge in [0.1, 0.15) is 23.6 Å². The number of carbonyl (C=O) groups is 1. The number of fused-ring (bicyclic) bond motifs is 1. The Bertz CT molecular complexity index is 1410. The number of methoxy groups -OCH3 is 1. The van der Waals surface area contributed by atoms with E-state index >= 15 is 0 Å². The summed E-state index contributed by atoms with van der Waals surface area (Å²) in [5, 5.41) is 14.8. The summed E-state index contributed by atoms with van der Waals surface area (Å²) in [7, 11) is 1.40. The lowest BCUT2D eigenvalue weighted by Gasteiger charge is -2.28. The van der Waals surface area contributed by atoms with Crippen LogP contribution in [-0.4, -0.2) is 37.9 Å². The maximum atomic E-state index is 14.5. The Morgan fingerprint density at radius 3 is 2.69 bits per heavy atom. The molecule has 2 aromatic carbocycles. The van der Waals surface area contributed by atoms with Gasteiger partial charge < -0.3 is 20.3 Å². The van der Waals surface area contributed by atoms with Crippen molar-refractivity contribution in [2.24, 2.45) is 5.92 Å². The van der Waals surface area contributed by atoms with Crippen LogP contribution in [0.5, 0.6) is 17.2 Å². The average Bonchev–Trinajstić information content (AvgIpc) is 3.27. The zero-order valence-electron chi connectivity index (χ0n) is 19.7. The third-order valence-corrected chi connectivity index (χ3v) is 6.59. The number of aromatic nitrogens is 4. The van der Waals surface area contributed by atoms with Crippen LogP contribution in [0.1, 0.15) is 38.1 Å². The predicted octanol–water partition coefficient (Wildman–Crippen LogP) is 5.22. The van der Waals surface area contributed by atoms with Crippen LogP contribution < -0.4 is 15.2 Å². The summed E-state index contributed by atoms with van der Waals surface area (Å²) in [4.78, 5) is 19.9. The lowest BCUT2D eigenvalue weighted by molar-refractivity contribution is -0.138. The highest BCUT2D eigenvalue weighted by molar-refractivity contribution is 5.98. The molecule has 5 rings (SSSR count). The van der Waals surface area contributed by atoms with Crippen molar-refractivity contribution in [2.45, 2.75) is 38.1 Å². The molecule has 0 bridgehead atoms. The lowest BCUT2D eigenvalue weighted by Crippen LogP contribution is -2.22. The zero-order chi connectivity index (χ0) is 25.2. The van der Waals surface area contributed by atoms with Gasteiger partial charge in [-0.3, -0.25) is 4.79 Å². The maximum absolute atomic E-state index is 14.5. The van der Waals surface area contributed by atoms with Crippen molar-refractivity contribution >= 4 is 22.8 Å². The first-order valence-electron chi connectivity index (χ1n) is 11.8. The summed E-state index contributed by atoms with van der Waals surface area (Å²) in [6, 6.07) is 11.8. The molecule has 1 aliphatic rings. The average molecular weight is 492 g/mol. The van der Waals surface area contributed by atoms with Crippen LogP contribution in [0.4, 0.5) is 10.2 Å². The molecule has 0 spiro atoms. The van der Waals surface area contributed by atoms with Gasteiger partial charge in [0.25, 0.3) is 0 Å². The van der Waals surface area contributed by atoms with Gasteiger partial charge in [-0.2, -0.15) is 9.49 Å². The van der Waals surface area contributed by atoms with Crippen LogP contribution in [0, 0.1) is 11.7 Å². The Labute approximate surface area is 206 Å². The molecule has 0 saturated heterocycles. The van der Waals surface area contributed by atoms with E-state index in [0.717, 1.165) is 24.8 Å². The second kappa shape index (κ2) is 9.80. The minimum absolute atomic E-state index is 0.0206. The number of benzene rings is 2. The van der Waals surface area contributed by atoms with Gasteiger partial charge in [0, 0.05) is 12.0 Å². The molecular formula is C26H26FN5O4. The van der Waals surface area contributed by atoms with Crippen molar-refractivity contribution in [3.8, 4) is 28.5 Å². The van der Waals surface area contributed by atoms with E-state index in [1.807, 2.05) is 16.8 Å². The first-order chi connectivity index (χ1) is 17.4. The second-order valence-corrected chi connectivity index (χ2v) is 8.93. The van der Waals surface area contributed by atoms with Crippen LogP contribution >= 0.6 is 0 Å². The van der Waals surface area contributed by atoms with Crippen LogP contribution in [-0.2, 0) is 4.79 Å². The van der Waals surface area contributed by atoms with Gasteiger partial charge in [0.05, 0.1) is 18.5 Å². The number of carboxylic acids is 1. The molecule has 2 aromatic heterocycles. The van der Waals surface area contributed by atoms with Gasteiger partial charge in [-0.25, -0.2) is 14.6 Å². The fourth-order valence-corrected chi connectivity index (χ4v) is 4.90. The molecule has 36 heavy (non-hydrogen) atoms. The minimum atomic E-state index is -0.783. The SMILES string of the molecule is COc1cccc(Oc2ccc(-c3nn([C@@H]4CCCC(CC(=O)O)C4)c4ncnc(N)c34)cc2)c1F. The summed E-state index contributed by atoms with van der Waals surface area (Å²) in [5.74, 6) is -0.341. The van der Waals surface area contributed by atoms with Crippen molar-refractivity contribution in [3.05, 3.63) is 54.6 Å². The third-order valence-electron chi connectivity index (χ3n) is 6.59. The van der Waals surface area contributed by atoms with Gasteiger partial charge in [-0.1, -0.05) is 12.5 Å². The molecule has 10 heteroatoms. The number of halogens is 1. The highest BCUT2D eigenvalue weighted by Crippen LogP contribution is 2.39. The molecule has 1 unspecified atom stereocenters. The summed E-state index contributed by atoms with van der Waals surface area (Å²) in [6.45, 7) is 0. The Hall–Kier alpha value is -4.21. The van der Waals surface area contributed by atoms with E-state index in [2.05, 4.69) is 9.97 Å². The number of ether oxygens (including phenoxy) is 2. The Balaban J connectivity index is 1.47. The van der Waals surface area contributed by atoms with E-state index in [-0.39, 0.29) is 29.9 Å². The van der Waals surface area contributed by atoms with E-state index < -0.39 is 11.8 Å². The normalized spacial score (nSPS) is 17.7. The van der Waals surface area contributed by atoms with Crippen LogP contribution in [0.15, 0.2) is 48.8 Å². The molecule has 186 valence electrons. The quantitative estimate of drug-likeness (QED) is 0.360. The third kappa shape index (κ3) is 4.53. The second-order valence-electron chi connectivity index (χ2n) is 8.93. The first kappa shape index (κ1) is 23.5. The number of nitrogens with two attached hydrogens (primary N) is 1. The van der Waals surface area contributed by atoms with E-state index in [0.29, 0.717) is 34.7 Å². The summed E-state index contributed by atoms with van der Waals surface area (Å²) >= 11 is 0. The van der Waals surface area contributed by atoms with Gasteiger partial charge >= 0.3 is 5.97 Å². The van der Waals surface area contributed by atoms with Gasteiger partial charge in [0.15, 0.2) is 17.1 Å². The first-order valence-corrected chi connectivity index (χ1v) is 11.8. The number of anilines is 1. The maximum Gasteiger partial charge on any atom is 0.303 e. The van der Waals surface area contributed by atoms with Crippen LogP contribution in [0.3, 0.4) is 0 Å². The number of aliphatic carboxylic acids is 1. The molecule has 3 N–H and O–H groups in total. The van der Waals surface area contributed by atoms with Gasteiger partial charge in [-0.05, 0) is 61.6 Å². The summed E-state index contributed by atoms with van der Waals surface area (Å²) in [5.41, 5.74) is 8.27. The number of hydrogen-bond acceptors (Lipinski definition) is 7. The molecule has 2 atom stereocenters. The summed E-state index contributed by atoms with van der Waals surface area (Å²) in [6.07, 6.45) is 4.97. The Morgan fingerprint density at radius 2 is 1.94 bits per heavy atom. The van der Waals surface area contributed by atoms with Crippen molar-refractivity contribution in [3.63, 3.8) is 0 Å². The summed E-state index contributed by atoms with van der Waals surface area (Å²) < 4.78 is 27.1. The smallest absolute Gasteiger partial charge is 0.303 e. The minimum Gasteiger partial charge on any atom is -0.494 e. The molecular weight excluding hydrogens is 465 g/mol. The highest BCUT2D eigenvalue weighted by Gasteiger charge is 2.28. The molecule has 0 amide bonds. The van der Waals surface area contributed by atoms with E-state index in [9.17, 15) is 14.3 Å². The molecule has 1 saturated carbocycles. The van der Waals surface area contributed by atoms with Crippen molar-refractivity contribution in [1.82, 2.24) is 19.7 Å². The highest BCUT2D eigenvalue weighted by atomic mass is 19.1. The van der Waals surface area contributed by atoms with Crippen LogP contribution in [0.2, 0.25) is 0 Å². The molecule has 2 heterocycles. The van der Waals surface area contributed by atoms with E-state index in [1.54, 1.807) is 18.2 Å². The van der Waals surface area contributed by atoms with Crippen molar-refractivity contribution < 1.29 is 23.8 Å². The molecule has 4 aromatic rings. The fourth-order valence-electron chi connectivity index (χ4n) is 4.90. The number of nitrogen functional groups attached to an aromatic ring is 1. The van der Waals surface area contributed by atoms with Crippen molar-refractivity contribution in [1.29, 1.82) is 0 Å².